The largest absolute Gasteiger partial charge is 0.490 e. The highest BCUT2D eigenvalue weighted by Gasteiger charge is 2.41. The molecule has 39 heavy (non-hydrogen) atoms. The summed E-state index contributed by atoms with van der Waals surface area (Å²) in [4.78, 5) is 42.9. The molecule has 3 aromatic carbocycles. The van der Waals surface area contributed by atoms with Crippen LogP contribution in [0.5, 0.6) is 11.5 Å². The predicted octanol–water partition coefficient (Wildman–Crippen LogP) is 5.53. The molecule has 4 rings (SSSR count). The summed E-state index contributed by atoms with van der Waals surface area (Å²) in [5.74, 6) is -0.0941. The van der Waals surface area contributed by atoms with E-state index in [4.69, 9.17) is 9.47 Å². The minimum atomic E-state index is -0.600. The molecule has 1 aliphatic heterocycles. The van der Waals surface area contributed by atoms with E-state index in [0.29, 0.717) is 36.5 Å². The monoisotopic (exact) mass is 526 g/mol. The molecule has 0 bridgehead atoms. The van der Waals surface area contributed by atoms with Gasteiger partial charge in [-0.25, -0.2) is 4.79 Å². The zero-order valence-electron chi connectivity index (χ0n) is 22.6. The molecule has 1 aliphatic rings. The molecule has 202 valence electrons. The normalized spacial score (nSPS) is 13.7. The number of amides is 4. The summed E-state index contributed by atoms with van der Waals surface area (Å²) in [7, 11) is 0. The number of rotatable bonds is 11. The number of ether oxygens (including phenoxy) is 2. The second-order valence-electron chi connectivity index (χ2n) is 9.53. The first-order chi connectivity index (χ1) is 18.9. The van der Waals surface area contributed by atoms with Crippen LogP contribution < -0.4 is 9.47 Å². The maximum Gasteiger partial charge on any atom is 0.333 e. The minimum Gasteiger partial charge on any atom is -0.490 e. The Balaban J connectivity index is 1.66. The first kappa shape index (κ1) is 27.6. The molecule has 0 unspecified atom stereocenters. The molecule has 0 saturated carbocycles. The fraction of sp³-hybridized carbons (Fsp3) is 0.281. The maximum atomic E-state index is 13.5. The van der Waals surface area contributed by atoms with Crippen molar-refractivity contribution in [1.29, 1.82) is 0 Å². The van der Waals surface area contributed by atoms with Gasteiger partial charge in [-0.05, 0) is 68.5 Å². The zero-order chi connectivity index (χ0) is 27.8. The van der Waals surface area contributed by atoms with E-state index in [1.54, 1.807) is 18.2 Å². The fourth-order valence-electron chi connectivity index (χ4n) is 4.39. The van der Waals surface area contributed by atoms with Crippen molar-refractivity contribution < 1.29 is 23.9 Å². The summed E-state index contributed by atoms with van der Waals surface area (Å²) >= 11 is 0. The van der Waals surface area contributed by atoms with Crippen LogP contribution in [-0.2, 0) is 22.4 Å². The summed E-state index contributed by atoms with van der Waals surface area (Å²) in [6.07, 6.45) is 2.46. The van der Waals surface area contributed by atoms with Crippen LogP contribution >= 0.6 is 0 Å². The summed E-state index contributed by atoms with van der Waals surface area (Å²) in [5.41, 5.74) is 2.54. The van der Waals surface area contributed by atoms with Gasteiger partial charge in [0.1, 0.15) is 5.57 Å². The molecule has 1 heterocycles. The third-order valence-electron chi connectivity index (χ3n) is 6.29. The SMILES string of the molecule is CCOc1cc(C=C2C(=O)N(CCc3ccccc3)C(=O)N(CCc3ccccc3)C2=O)ccc1OC(C)C. The van der Waals surface area contributed by atoms with Crippen molar-refractivity contribution in [1.82, 2.24) is 9.80 Å². The standard InChI is InChI=1S/C32H34N2O5/c1-4-38-29-22-26(15-16-28(29)39-23(2)3)21-27-30(35)33(19-17-24-11-7-5-8-12-24)32(37)34(31(27)36)20-18-25-13-9-6-10-14-25/h5-16,21-23H,4,17-20H2,1-3H3. The summed E-state index contributed by atoms with van der Waals surface area (Å²) in [6, 6.07) is 24.0. The van der Waals surface area contributed by atoms with Crippen LogP contribution in [0.4, 0.5) is 4.79 Å². The highest BCUT2D eigenvalue weighted by Crippen LogP contribution is 2.31. The second-order valence-corrected chi connectivity index (χ2v) is 9.53. The Morgan fingerprint density at radius 2 is 1.28 bits per heavy atom. The Morgan fingerprint density at radius 3 is 1.77 bits per heavy atom. The number of imide groups is 2. The molecule has 0 aliphatic carbocycles. The Morgan fingerprint density at radius 1 is 0.744 bits per heavy atom. The highest BCUT2D eigenvalue weighted by molar-refractivity contribution is 6.30. The number of barbiturate groups is 1. The Hall–Kier alpha value is -4.39. The number of urea groups is 1. The van der Waals surface area contributed by atoms with Crippen LogP contribution in [-0.4, -0.2) is 53.4 Å². The van der Waals surface area contributed by atoms with Gasteiger partial charge in [0.15, 0.2) is 11.5 Å². The molecule has 3 aromatic rings. The molecule has 0 radical (unpaired) electrons. The van der Waals surface area contributed by atoms with Gasteiger partial charge >= 0.3 is 6.03 Å². The van der Waals surface area contributed by atoms with Gasteiger partial charge in [-0.15, -0.1) is 0 Å². The number of carbonyl (C=O) groups excluding carboxylic acids is 3. The molecule has 0 atom stereocenters. The molecule has 7 heteroatoms. The van der Waals surface area contributed by atoms with Crippen molar-refractivity contribution >= 4 is 23.9 Å². The first-order valence-corrected chi connectivity index (χ1v) is 13.3. The van der Waals surface area contributed by atoms with Crippen molar-refractivity contribution in [2.75, 3.05) is 19.7 Å². The number of hydrogen-bond donors (Lipinski definition) is 0. The lowest BCUT2D eigenvalue weighted by Gasteiger charge is -2.34. The molecular weight excluding hydrogens is 492 g/mol. The maximum absolute atomic E-state index is 13.5. The Bertz CT molecular complexity index is 1270. The average molecular weight is 527 g/mol. The molecule has 4 amide bonds. The van der Waals surface area contributed by atoms with E-state index >= 15 is 0 Å². The van der Waals surface area contributed by atoms with Gasteiger partial charge in [0.2, 0.25) is 0 Å². The highest BCUT2D eigenvalue weighted by atomic mass is 16.5. The minimum absolute atomic E-state index is 0.0442. The van der Waals surface area contributed by atoms with E-state index in [1.807, 2.05) is 81.4 Å². The number of carbonyl (C=O) groups is 3. The molecule has 1 saturated heterocycles. The lowest BCUT2D eigenvalue weighted by Crippen LogP contribution is -2.57. The van der Waals surface area contributed by atoms with E-state index in [0.717, 1.165) is 11.1 Å². The van der Waals surface area contributed by atoms with Gasteiger partial charge in [-0.1, -0.05) is 66.7 Å². The van der Waals surface area contributed by atoms with E-state index in [-0.39, 0.29) is 24.8 Å². The van der Waals surface area contributed by atoms with E-state index in [2.05, 4.69) is 0 Å². The Labute approximate surface area is 229 Å². The van der Waals surface area contributed by atoms with Crippen molar-refractivity contribution in [2.45, 2.75) is 39.7 Å². The van der Waals surface area contributed by atoms with Crippen LogP contribution in [0.3, 0.4) is 0 Å². The van der Waals surface area contributed by atoms with Crippen LogP contribution in [0.25, 0.3) is 6.08 Å². The van der Waals surface area contributed by atoms with Crippen LogP contribution in [0, 0.1) is 0 Å². The van der Waals surface area contributed by atoms with Crippen molar-refractivity contribution in [3.05, 3.63) is 101 Å². The van der Waals surface area contributed by atoms with Gasteiger partial charge in [0, 0.05) is 13.1 Å². The number of hydrogen-bond acceptors (Lipinski definition) is 5. The van der Waals surface area contributed by atoms with Crippen molar-refractivity contribution in [3.8, 4) is 11.5 Å². The molecular formula is C32H34N2O5. The van der Waals surface area contributed by atoms with Gasteiger partial charge < -0.3 is 9.47 Å². The molecule has 0 N–H and O–H groups in total. The van der Waals surface area contributed by atoms with Gasteiger partial charge in [0.25, 0.3) is 11.8 Å². The van der Waals surface area contributed by atoms with Crippen molar-refractivity contribution in [3.63, 3.8) is 0 Å². The summed E-state index contributed by atoms with van der Waals surface area (Å²) in [6.45, 7) is 6.49. The molecule has 0 aromatic heterocycles. The number of nitrogens with zero attached hydrogens (tertiary/aromatic N) is 2. The average Bonchev–Trinajstić information content (AvgIpc) is 2.93. The zero-order valence-corrected chi connectivity index (χ0v) is 22.6. The van der Waals surface area contributed by atoms with E-state index < -0.39 is 17.8 Å². The first-order valence-electron chi connectivity index (χ1n) is 13.3. The lowest BCUT2D eigenvalue weighted by atomic mass is 10.0. The van der Waals surface area contributed by atoms with Gasteiger partial charge in [0.05, 0.1) is 12.7 Å². The van der Waals surface area contributed by atoms with Gasteiger partial charge in [-0.2, -0.15) is 0 Å². The number of benzene rings is 3. The molecule has 7 nitrogen and oxygen atoms in total. The third-order valence-corrected chi connectivity index (χ3v) is 6.29. The van der Waals surface area contributed by atoms with Crippen molar-refractivity contribution in [2.24, 2.45) is 0 Å². The van der Waals surface area contributed by atoms with Gasteiger partial charge in [-0.3, -0.25) is 19.4 Å². The van der Waals surface area contributed by atoms with E-state index in [9.17, 15) is 14.4 Å². The van der Waals surface area contributed by atoms with Crippen LogP contribution in [0.15, 0.2) is 84.4 Å². The van der Waals surface area contributed by atoms with E-state index in [1.165, 1.54) is 15.9 Å². The smallest absolute Gasteiger partial charge is 0.333 e. The third kappa shape index (κ3) is 6.93. The second kappa shape index (κ2) is 12.9. The summed E-state index contributed by atoms with van der Waals surface area (Å²) in [5, 5.41) is 0. The summed E-state index contributed by atoms with van der Waals surface area (Å²) < 4.78 is 11.6. The quantitative estimate of drug-likeness (QED) is 0.243. The topological polar surface area (TPSA) is 76.2 Å². The molecule has 0 spiro atoms. The van der Waals surface area contributed by atoms with Crippen LogP contribution in [0.1, 0.15) is 37.5 Å². The lowest BCUT2D eigenvalue weighted by molar-refractivity contribution is -0.135. The predicted molar refractivity (Wildman–Crippen MR) is 150 cm³/mol. The van der Waals surface area contributed by atoms with Crippen LogP contribution in [0.2, 0.25) is 0 Å². The molecule has 1 fully saturated rings. The Kier molecular flexibility index (Phi) is 9.15. The fourth-order valence-corrected chi connectivity index (χ4v) is 4.39.